The predicted octanol–water partition coefficient (Wildman–Crippen LogP) is 4.34. The summed E-state index contributed by atoms with van der Waals surface area (Å²) in [6.07, 6.45) is 7.47. The molecule has 1 aromatic carbocycles. The Kier molecular flexibility index (Phi) is 9.28. The van der Waals surface area contributed by atoms with Crippen LogP contribution >= 0.6 is 0 Å². The van der Waals surface area contributed by atoms with Crippen LogP contribution in [0.2, 0.25) is 0 Å². The number of hydrogen-bond acceptors (Lipinski definition) is 7. The van der Waals surface area contributed by atoms with Crippen LogP contribution in [0.3, 0.4) is 0 Å². The first-order valence-electron chi connectivity index (χ1n) is 16.7. The molecule has 48 heavy (non-hydrogen) atoms. The predicted molar refractivity (Wildman–Crippen MR) is 185 cm³/mol. The Morgan fingerprint density at radius 3 is 2.52 bits per heavy atom. The zero-order valence-electron chi connectivity index (χ0n) is 28.7. The van der Waals surface area contributed by atoms with Gasteiger partial charge in [-0.1, -0.05) is 6.08 Å². The van der Waals surface area contributed by atoms with Gasteiger partial charge in [0.1, 0.15) is 11.2 Å². The maximum atomic E-state index is 14.0. The number of carbonyl (C=O) groups excluding carboxylic acids is 3. The van der Waals surface area contributed by atoms with Crippen LogP contribution in [-0.4, -0.2) is 98.2 Å². The minimum atomic E-state index is -0.668. The summed E-state index contributed by atoms with van der Waals surface area (Å²) >= 11 is 0. The van der Waals surface area contributed by atoms with Gasteiger partial charge in [0, 0.05) is 62.5 Å². The van der Waals surface area contributed by atoms with Gasteiger partial charge in [-0.05, 0) is 96.4 Å². The van der Waals surface area contributed by atoms with Gasteiger partial charge in [0.2, 0.25) is 5.91 Å². The number of likely N-dealkylation sites (tertiary alicyclic amines) is 1. The third kappa shape index (κ3) is 7.70. The fourth-order valence-corrected chi connectivity index (χ4v) is 6.33. The van der Waals surface area contributed by atoms with E-state index in [2.05, 4.69) is 36.9 Å². The van der Waals surface area contributed by atoms with Crippen LogP contribution < -0.4 is 10.6 Å². The van der Waals surface area contributed by atoms with Gasteiger partial charge < -0.3 is 34.3 Å². The standard InChI is InChI=1S/C36H46N8O4/c1-36(2,3)48-35(47)39-27-19-26(38-31(45)10-8-16-41(4)5)21-43(22-27)34(46)25-13-14-29-28(17-25)40-33(42(29)6)30-18-24-9-7-15-37-32(24)44(30)20-23-11-12-23/h7-10,13-15,17-18,23,26-27H,11-12,16,19-22H2,1-6H3,(H,38,45)(H,39,47)/b10-8+. The number of fused-ring (bicyclic) bond motifs is 2. The van der Waals surface area contributed by atoms with Gasteiger partial charge in [-0.2, -0.15) is 0 Å². The number of ether oxygens (including phenoxy) is 1. The number of carbonyl (C=O) groups is 3. The molecule has 254 valence electrons. The molecule has 1 aliphatic heterocycles. The van der Waals surface area contributed by atoms with Gasteiger partial charge in [0.25, 0.3) is 5.91 Å². The third-order valence-electron chi connectivity index (χ3n) is 8.69. The highest BCUT2D eigenvalue weighted by Crippen LogP contribution is 2.36. The van der Waals surface area contributed by atoms with E-state index in [9.17, 15) is 14.4 Å². The largest absolute Gasteiger partial charge is 0.444 e. The van der Waals surface area contributed by atoms with Crippen molar-refractivity contribution >= 4 is 40.0 Å². The number of amides is 3. The quantitative estimate of drug-likeness (QED) is 0.257. The van der Waals surface area contributed by atoms with Crippen molar-refractivity contribution in [3.05, 3.63) is 60.3 Å². The van der Waals surface area contributed by atoms with Gasteiger partial charge in [-0.25, -0.2) is 14.8 Å². The Labute approximate surface area is 281 Å². The van der Waals surface area contributed by atoms with E-state index in [1.54, 1.807) is 31.7 Å². The van der Waals surface area contributed by atoms with Crippen molar-refractivity contribution in [2.24, 2.45) is 13.0 Å². The van der Waals surface area contributed by atoms with Gasteiger partial charge >= 0.3 is 6.09 Å². The number of pyridine rings is 1. The van der Waals surface area contributed by atoms with Crippen molar-refractivity contribution in [3.63, 3.8) is 0 Å². The van der Waals surface area contributed by atoms with Crippen LogP contribution in [0.5, 0.6) is 0 Å². The maximum absolute atomic E-state index is 14.0. The molecule has 0 radical (unpaired) electrons. The van der Waals surface area contributed by atoms with Crippen molar-refractivity contribution in [2.45, 2.75) is 64.3 Å². The molecule has 1 aliphatic carbocycles. The van der Waals surface area contributed by atoms with Crippen LogP contribution in [-0.2, 0) is 23.1 Å². The Morgan fingerprint density at radius 1 is 1.06 bits per heavy atom. The number of aryl methyl sites for hydroxylation is 1. The monoisotopic (exact) mass is 654 g/mol. The number of hydrogen-bond donors (Lipinski definition) is 2. The van der Waals surface area contributed by atoms with Crippen LogP contribution in [0.1, 0.15) is 50.4 Å². The minimum Gasteiger partial charge on any atom is -0.444 e. The lowest BCUT2D eigenvalue weighted by Gasteiger charge is -2.38. The Bertz CT molecular complexity index is 1860. The van der Waals surface area contributed by atoms with Gasteiger partial charge in [0.15, 0.2) is 5.82 Å². The fraction of sp³-hybridized carbons (Fsp3) is 0.472. The number of alkyl carbamates (subject to hydrolysis) is 1. The van der Waals surface area contributed by atoms with Gasteiger partial charge in [-0.15, -0.1) is 0 Å². The summed E-state index contributed by atoms with van der Waals surface area (Å²) in [5, 5.41) is 7.01. The van der Waals surface area contributed by atoms with Crippen molar-refractivity contribution in [3.8, 4) is 11.5 Å². The Hall–Kier alpha value is -4.71. The van der Waals surface area contributed by atoms with Gasteiger partial charge in [-0.3, -0.25) is 9.59 Å². The summed E-state index contributed by atoms with van der Waals surface area (Å²) in [5.41, 5.74) is 3.41. The van der Waals surface area contributed by atoms with E-state index in [1.165, 1.54) is 18.9 Å². The van der Waals surface area contributed by atoms with E-state index in [1.807, 2.05) is 56.5 Å². The lowest BCUT2D eigenvalue weighted by Crippen LogP contribution is -2.58. The molecule has 1 saturated heterocycles. The molecular weight excluding hydrogens is 608 g/mol. The van der Waals surface area contributed by atoms with Crippen molar-refractivity contribution < 1.29 is 19.1 Å². The normalized spacial score (nSPS) is 18.6. The lowest BCUT2D eigenvalue weighted by molar-refractivity contribution is -0.117. The molecule has 2 fully saturated rings. The highest BCUT2D eigenvalue weighted by atomic mass is 16.6. The second kappa shape index (κ2) is 13.4. The topological polar surface area (TPSA) is 127 Å². The molecule has 2 N–H and O–H groups in total. The SMILES string of the molecule is CN(C)C/C=C/C(=O)NC1CC(NC(=O)OC(C)(C)C)CN(C(=O)c2ccc3c(c2)nc(-c2cc4cccnc4n2CC2CC2)n3C)C1. The summed E-state index contributed by atoms with van der Waals surface area (Å²) in [7, 11) is 5.85. The molecule has 1 saturated carbocycles. The van der Waals surface area contributed by atoms with Crippen LogP contribution in [0, 0.1) is 5.92 Å². The first-order valence-corrected chi connectivity index (χ1v) is 16.7. The van der Waals surface area contributed by atoms with Crippen molar-refractivity contribution in [1.82, 2.24) is 39.5 Å². The van der Waals surface area contributed by atoms with E-state index >= 15 is 0 Å². The average molecular weight is 655 g/mol. The summed E-state index contributed by atoms with van der Waals surface area (Å²) in [5.74, 6) is 1.03. The number of nitrogens with zero attached hydrogens (tertiary/aromatic N) is 6. The molecule has 2 atom stereocenters. The maximum Gasteiger partial charge on any atom is 0.407 e. The molecule has 6 rings (SSSR count). The number of piperidine rings is 1. The van der Waals surface area contributed by atoms with E-state index < -0.39 is 17.7 Å². The molecule has 0 bridgehead atoms. The number of likely N-dealkylation sites (N-methyl/N-ethyl adjacent to an activating group) is 1. The number of benzene rings is 1. The van der Waals surface area contributed by atoms with Crippen LogP contribution in [0.15, 0.2) is 54.7 Å². The summed E-state index contributed by atoms with van der Waals surface area (Å²) in [6.45, 7) is 7.51. The smallest absolute Gasteiger partial charge is 0.407 e. The highest BCUT2D eigenvalue weighted by molar-refractivity contribution is 5.98. The molecule has 2 unspecified atom stereocenters. The Morgan fingerprint density at radius 2 is 1.81 bits per heavy atom. The van der Waals surface area contributed by atoms with Crippen molar-refractivity contribution in [1.29, 1.82) is 0 Å². The van der Waals surface area contributed by atoms with Crippen LogP contribution in [0.4, 0.5) is 4.79 Å². The zero-order chi connectivity index (χ0) is 34.2. The minimum absolute atomic E-state index is 0.200. The van der Waals surface area contributed by atoms with E-state index in [-0.39, 0.29) is 24.4 Å². The molecule has 2 aliphatic rings. The number of nitrogens with one attached hydrogen (secondary N) is 2. The number of imidazole rings is 1. The molecule has 3 amide bonds. The zero-order valence-corrected chi connectivity index (χ0v) is 28.7. The fourth-order valence-electron chi connectivity index (χ4n) is 6.33. The highest BCUT2D eigenvalue weighted by Gasteiger charge is 2.33. The summed E-state index contributed by atoms with van der Waals surface area (Å²) in [6, 6.07) is 11.0. The van der Waals surface area contributed by atoms with Crippen LogP contribution in [0.25, 0.3) is 33.6 Å². The van der Waals surface area contributed by atoms with Gasteiger partial charge in [0.05, 0.1) is 22.8 Å². The average Bonchev–Trinajstić information content (AvgIpc) is 3.68. The molecule has 12 heteroatoms. The lowest BCUT2D eigenvalue weighted by atomic mass is 9.99. The van der Waals surface area contributed by atoms with E-state index in [0.29, 0.717) is 36.5 Å². The molecule has 12 nitrogen and oxygen atoms in total. The summed E-state index contributed by atoms with van der Waals surface area (Å²) in [4.78, 5) is 52.8. The van der Waals surface area contributed by atoms with Crippen molar-refractivity contribution in [2.75, 3.05) is 33.7 Å². The first-order chi connectivity index (χ1) is 22.8. The molecule has 4 aromatic rings. The number of rotatable bonds is 9. The second-order valence-electron chi connectivity index (χ2n) is 14.4. The first kappa shape index (κ1) is 33.2. The summed E-state index contributed by atoms with van der Waals surface area (Å²) < 4.78 is 9.83. The van der Waals surface area contributed by atoms with E-state index in [0.717, 1.165) is 34.6 Å². The third-order valence-corrected chi connectivity index (χ3v) is 8.69. The van der Waals surface area contributed by atoms with E-state index in [4.69, 9.17) is 9.72 Å². The molecule has 0 spiro atoms. The molecule has 3 aromatic heterocycles. The Balaban J connectivity index is 1.26. The molecule has 4 heterocycles. The molecular formula is C36H46N8O4. The number of aromatic nitrogens is 4. The second-order valence-corrected chi connectivity index (χ2v) is 14.4.